The lowest BCUT2D eigenvalue weighted by Gasteiger charge is -2.10. The summed E-state index contributed by atoms with van der Waals surface area (Å²) in [5.41, 5.74) is -0.708. The maximum atomic E-state index is 13.6. The molecule has 0 aromatic heterocycles. The third-order valence-corrected chi connectivity index (χ3v) is 3.17. The van der Waals surface area contributed by atoms with Crippen LogP contribution in [0.5, 0.6) is 5.75 Å². The second-order valence-corrected chi connectivity index (χ2v) is 5.00. The summed E-state index contributed by atoms with van der Waals surface area (Å²) >= 11 is 3.15. The van der Waals surface area contributed by atoms with Crippen LogP contribution in [0.15, 0.2) is 40.9 Å². The fourth-order valence-electron chi connectivity index (χ4n) is 1.73. The standard InChI is InChI=1S/C14H9BrFNO4/c15-7-4-5-8(14(20)21)10(6-7)17-13(19)12-9(16)2-1-3-11(12)18/h1-6,18H,(H,17,19)(H,20,21). The summed E-state index contributed by atoms with van der Waals surface area (Å²) in [6.07, 6.45) is 0. The number of amides is 1. The number of carboxylic acids is 1. The van der Waals surface area contributed by atoms with E-state index in [2.05, 4.69) is 21.2 Å². The molecule has 0 spiro atoms. The SMILES string of the molecule is O=C(O)c1ccc(Br)cc1NC(=O)c1c(O)cccc1F. The maximum Gasteiger partial charge on any atom is 0.337 e. The van der Waals surface area contributed by atoms with Crippen molar-refractivity contribution in [1.82, 2.24) is 0 Å². The topological polar surface area (TPSA) is 86.6 Å². The Hall–Kier alpha value is -2.41. The number of aromatic carboxylic acids is 1. The highest BCUT2D eigenvalue weighted by atomic mass is 79.9. The maximum absolute atomic E-state index is 13.6. The first-order valence-electron chi connectivity index (χ1n) is 5.72. The average molecular weight is 354 g/mol. The zero-order valence-corrected chi connectivity index (χ0v) is 12.0. The number of phenolic OH excluding ortho intramolecular Hbond substituents is 1. The van der Waals surface area contributed by atoms with Crippen molar-refractivity contribution < 1.29 is 24.2 Å². The molecule has 0 aliphatic heterocycles. The summed E-state index contributed by atoms with van der Waals surface area (Å²) in [4.78, 5) is 23.1. The summed E-state index contributed by atoms with van der Waals surface area (Å²) in [6, 6.07) is 7.61. The van der Waals surface area contributed by atoms with E-state index in [1.54, 1.807) is 0 Å². The van der Waals surface area contributed by atoms with E-state index >= 15 is 0 Å². The number of carbonyl (C=O) groups excluding carboxylic acids is 1. The molecule has 108 valence electrons. The second kappa shape index (κ2) is 5.92. The lowest BCUT2D eigenvalue weighted by Crippen LogP contribution is -2.16. The van der Waals surface area contributed by atoms with Crippen molar-refractivity contribution in [2.45, 2.75) is 0 Å². The van der Waals surface area contributed by atoms with Crippen LogP contribution in [0.3, 0.4) is 0 Å². The molecule has 2 rings (SSSR count). The molecule has 1 amide bonds. The largest absolute Gasteiger partial charge is 0.507 e. The lowest BCUT2D eigenvalue weighted by molar-refractivity contribution is 0.0698. The summed E-state index contributed by atoms with van der Waals surface area (Å²) < 4.78 is 14.1. The molecule has 7 heteroatoms. The fourth-order valence-corrected chi connectivity index (χ4v) is 2.09. The monoisotopic (exact) mass is 353 g/mol. The van der Waals surface area contributed by atoms with E-state index < -0.39 is 29.0 Å². The molecule has 0 aliphatic rings. The van der Waals surface area contributed by atoms with Crippen LogP contribution in [-0.2, 0) is 0 Å². The van der Waals surface area contributed by atoms with Gasteiger partial charge in [0.05, 0.1) is 11.3 Å². The lowest BCUT2D eigenvalue weighted by atomic mass is 10.1. The molecular weight excluding hydrogens is 345 g/mol. The van der Waals surface area contributed by atoms with Gasteiger partial charge in [-0.15, -0.1) is 0 Å². The highest BCUT2D eigenvalue weighted by Crippen LogP contribution is 2.25. The van der Waals surface area contributed by atoms with E-state index in [0.29, 0.717) is 4.47 Å². The molecular formula is C14H9BrFNO4. The number of hydrogen-bond acceptors (Lipinski definition) is 3. The van der Waals surface area contributed by atoms with Crippen molar-refractivity contribution >= 4 is 33.5 Å². The van der Waals surface area contributed by atoms with Crippen LogP contribution in [0.2, 0.25) is 0 Å². The number of aromatic hydroxyl groups is 1. The van der Waals surface area contributed by atoms with E-state index in [1.807, 2.05) is 0 Å². The van der Waals surface area contributed by atoms with E-state index in [0.717, 1.165) is 12.1 Å². The number of benzene rings is 2. The summed E-state index contributed by atoms with van der Waals surface area (Å²) in [6.45, 7) is 0. The molecule has 2 aromatic carbocycles. The number of nitrogens with one attached hydrogen (secondary N) is 1. The summed E-state index contributed by atoms with van der Waals surface area (Å²) in [5.74, 6) is -3.61. The number of anilines is 1. The van der Waals surface area contributed by atoms with Crippen molar-refractivity contribution in [2.24, 2.45) is 0 Å². The van der Waals surface area contributed by atoms with Gasteiger partial charge in [-0.05, 0) is 30.3 Å². The number of halogens is 2. The highest BCUT2D eigenvalue weighted by Gasteiger charge is 2.19. The van der Waals surface area contributed by atoms with Crippen LogP contribution in [0.25, 0.3) is 0 Å². The first-order chi connectivity index (χ1) is 9.90. The van der Waals surface area contributed by atoms with Gasteiger partial charge in [0.2, 0.25) is 0 Å². The minimum Gasteiger partial charge on any atom is -0.507 e. The molecule has 2 aromatic rings. The molecule has 21 heavy (non-hydrogen) atoms. The van der Waals surface area contributed by atoms with Crippen LogP contribution in [0, 0.1) is 5.82 Å². The third kappa shape index (κ3) is 3.19. The van der Waals surface area contributed by atoms with Gasteiger partial charge >= 0.3 is 5.97 Å². The minimum absolute atomic E-state index is 0.00970. The summed E-state index contributed by atoms with van der Waals surface area (Å²) in [7, 11) is 0. The minimum atomic E-state index is -1.24. The molecule has 0 heterocycles. The number of phenols is 1. The van der Waals surface area contributed by atoms with Gasteiger partial charge in [0.25, 0.3) is 5.91 Å². The molecule has 0 radical (unpaired) electrons. The first-order valence-corrected chi connectivity index (χ1v) is 6.51. The Kier molecular flexibility index (Phi) is 4.23. The Morgan fingerprint density at radius 1 is 1.19 bits per heavy atom. The van der Waals surface area contributed by atoms with Crippen molar-refractivity contribution in [3.05, 3.63) is 57.8 Å². The molecule has 3 N–H and O–H groups in total. The predicted molar refractivity (Wildman–Crippen MR) is 77.1 cm³/mol. The van der Waals surface area contributed by atoms with E-state index in [4.69, 9.17) is 5.11 Å². The van der Waals surface area contributed by atoms with Crippen molar-refractivity contribution in [2.75, 3.05) is 5.32 Å². The highest BCUT2D eigenvalue weighted by molar-refractivity contribution is 9.10. The number of rotatable bonds is 3. The predicted octanol–water partition coefficient (Wildman–Crippen LogP) is 3.24. The van der Waals surface area contributed by atoms with Crippen LogP contribution >= 0.6 is 15.9 Å². The number of carbonyl (C=O) groups is 2. The Morgan fingerprint density at radius 2 is 1.90 bits per heavy atom. The smallest absolute Gasteiger partial charge is 0.337 e. The molecule has 0 atom stereocenters. The van der Waals surface area contributed by atoms with Gasteiger partial charge in [0, 0.05) is 4.47 Å². The van der Waals surface area contributed by atoms with E-state index in [9.17, 15) is 19.1 Å². The third-order valence-electron chi connectivity index (χ3n) is 2.68. The zero-order chi connectivity index (χ0) is 15.6. The Balaban J connectivity index is 2.40. The van der Waals surface area contributed by atoms with Crippen molar-refractivity contribution in [1.29, 1.82) is 0 Å². The van der Waals surface area contributed by atoms with E-state index in [-0.39, 0.29) is 11.3 Å². The average Bonchev–Trinajstić information content (AvgIpc) is 2.38. The zero-order valence-electron chi connectivity index (χ0n) is 10.4. The Bertz CT molecular complexity index is 713. The quantitative estimate of drug-likeness (QED) is 0.790. The van der Waals surface area contributed by atoms with Crippen LogP contribution in [0.4, 0.5) is 10.1 Å². The normalized spacial score (nSPS) is 10.2. The molecule has 0 saturated heterocycles. The van der Waals surface area contributed by atoms with E-state index in [1.165, 1.54) is 24.3 Å². The number of carboxylic acid groups (broad SMARTS) is 1. The van der Waals surface area contributed by atoms with Gasteiger partial charge in [0.1, 0.15) is 17.1 Å². The van der Waals surface area contributed by atoms with Crippen LogP contribution < -0.4 is 5.32 Å². The number of hydrogen-bond donors (Lipinski definition) is 3. The molecule has 0 unspecified atom stereocenters. The van der Waals surface area contributed by atoms with Gasteiger partial charge in [-0.3, -0.25) is 4.79 Å². The molecule has 5 nitrogen and oxygen atoms in total. The van der Waals surface area contributed by atoms with Gasteiger partial charge < -0.3 is 15.5 Å². The van der Waals surface area contributed by atoms with Crippen molar-refractivity contribution in [3.8, 4) is 5.75 Å². The summed E-state index contributed by atoms with van der Waals surface area (Å²) in [5, 5.41) is 20.9. The molecule has 0 aliphatic carbocycles. The van der Waals surface area contributed by atoms with Gasteiger partial charge in [-0.2, -0.15) is 0 Å². The van der Waals surface area contributed by atoms with Crippen LogP contribution in [-0.4, -0.2) is 22.1 Å². The Labute approximate surface area is 127 Å². The van der Waals surface area contributed by atoms with Gasteiger partial charge in [-0.1, -0.05) is 22.0 Å². The van der Waals surface area contributed by atoms with Gasteiger partial charge in [-0.25, -0.2) is 9.18 Å². The fraction of sp³-hybridized carbons (Fsp3) is 0. The van der Waals surface area contributed by atoms with Crippen molar-refractivity contribution in [3.63, 3.8) is 0 Å². The molecule has 0 bridgehead atoms. The molecule has 0 saturated carbocycles. The van der Waals surface area contributed by atoms with Crippen LogP contribution in [0.1, 0.15) is 20.7 Å². The van der Waals surface area contributed by atoms with Gasteiger partial charge in [0.15, 0.2) is 0 Å². The molecule has 0 fully saturated rings. The Morgan fingerprint density at radius 3 is 2.52 bits per heavy atom. The first kappa shape index (κ1) is 15.0. The second-order valence-electron chi connectivity index (χ2n) is 4.08.